The molecule has 2 aromatic carbocycles. The Morgan fingerprint density at radius 3 is 2.22 bits per heavy atom. The SMILES string of the molecule is CC(=O)N(c1ccc(Br)cc1)c1ccccc1C. The number of rotatable bonds is 2. The third-order valence-electron chi connectivity index (χ3n) is 2.76. The summed E-state index contributed by atoms with van der Waals surface area (Å²) in [5, 5.41) is 0. The van der Waals surface area contributed by atoms with Crippen LogP contribution in [0.2, 0.25) is 0 Å². The summed E-state index contributed by atoms with van der Waals surface area (Å²) < 4.78 is 1.000. The largest absolute Gasteiger partial charge is 0.281 e. The predicted molar refractivity (Wildman–Crippen MR) is 78.1 cm³/mol. The molecule has 1 amide bonds. The fourth-order valence-corrected chi connectivity index (χ4v) is 2.16. The number of nitrogens with zero attached hydrogens (tertiary/aromatic N) is 1. The van der Waals surface area contributed by atoms with E-state index in [9.17, 15) is 4.79 Å². The number of hydrogen-bond acceptors (Lipinski definition) is 1. The highest BCUT2D eigenvalue weighted by molar-refractivity contribution is 9.10. The maximum absolute atomic E-state index is 11.9. The first-order valence-corrected chi connectivity index (χ1v) is 6.51. The van der Waals surface area contributed by atoms with Gasteiger partial charge in [-0.05, 0) is 42.8 Å². The third-order valence-corrected chi connectivity index (χ3v) is 3.28. The number of benzene rings is 2. The van der Waals surface area contributed by atoms with Crippen LogP contribution in [0, 0.1) is 6.92 Å². The Morgan fingerprint density at radius 1 is 1.06 bits per heavy atom. The van der Waals surface area contributed by atoms with Crippen LogP contribution in [0.1, 0.15) is 12.5 Å². The first-order chi connectivity index (χ1) is 8.59. The van der Waals surface area contributed by atoms with Crippen LogP contribution in [0.4, 0.5) is 11.4 Å². The van der Waals surface area contributed by atoms with E-state index in [2.05, 4.69) is 15.9 Å². The minimum absolute atomic E-state index is 0.00613. The molecule has 0 saturated heterocycles. The molecule has 0 unspecified atom stereocenters. The topological polar surface area (TPSA) is 20.3 Å². The number of carbonyl (C=O) groups is 1. The summed E-state index contributed by atoms with van der Waals surface area (Å²) in [6, 6.07) is 15.6. The third kappa shape index (κ3) is 2.62. The molecule has 0 fully saturated rings. The monoisotopic (exact) mass is 303 g/mol. The van der Waals surface area contributed by atoms with E-state index in [4.69, 9.17) is 0 Å². The molecule has 0 N–H and O–H groups in total. The van der Waals surface area contributed by atoms with Crippen molar-refractivity contribution in [1.29, 1.82) is 0 Å². The van der Waals surface area contributed by atoms with Crippen molar-refractivity contribution in [3.63, 3.8) is 0 Å². The van der Waals surface area contributed by atoms with E-state index in [1.165, 1.54) is 0 Å². The van der Waals surface area contributed by atoms with Crippen LogP contribution in [0.5, 0.6) is 0 Å². The van der Waals surface area contributed by atoms with Gasteiger partial charge in [0.1, 0.15) is 0 Å². The maximum atomic E-state index is 11.9. The zero-order valence-electron chi connectivity index (χ0n) is 10.4. The first kappa shape index (κ1) is 12.8. The molecule has 0 atom stereocenters. The molecule has 0 saturated carbocycles. The van der Waals surface area contributed by atoms with Gasteiger partial charge in [-0.2, -0.15) is 0 Å². The van der Waals surface area contributed by atoms with Gasteiger partial charge in [-0.3, -0.25) is 9.69 Å². The summed E-state index contributed by atoms with van der Waals surface area (Å²) in [6.45, 7) is 3.58. The van der Waals surface area contributed by atoms with E-state index in [1.807, 2.05) is 55.5 Å². The van der Waals surface area contributed by atoms with E-state index in [-0.39, 0.29) is 5.91 Å². The molecule has 2 nitrogen and oxygen atoms in total. The number of anilines is 2. The highest BCUT2D eigenvalue weighted by atomic mass is 79.9. The van der Waals surface area contributed by atoms with E-state index in [0.717, 1.165) is 21.4 Å². The molecule has 0 spiro atoms. The Hall–Kier alpha value is -1.61. The van der Waals surface area contributed by atoms with Gasteiger partial charge >= 0.3 is 0 Å². The van der Waals surface area contributed by atoms with Crippen LogP contribution >= 0.6 is 15.9 Å². The van der Waals surface area contributed by atoms with Crippen LogP contribution in [-0.4, -0.2) is 5.91 Å². The molecule has 0 bridgehead atoms. The fraction of sp³-hybridized carbons (Fsp3) is 0.133. The molecule has 92 valence electrons. The van der Waals surface area contributed by atoms with Gasteiger partial charge in [0.25, 0.3) is 0 Å². The van der Waals surface area contributed by atoms with E-state index < -0.39 is 0 Å². The molecular formula is C15H14BrNO. The van der Waals surface area contributed by atoms with Crippen molar-refractivity contribution < 1.29 is 4.79 Å². The average molecular weight is 304 g/mol. The van der Waals surface area contributed by atoms with Gasteiger partial charge in [0.05, 0.1) is 5.69 Å². The summed E-state index contributed by atoms with van der Waals surface area (Å²) in [6.07, 6.45) is 0. The lowest BCUT2D eigenvalue weighted by Gasteiger charge is -2.23. The Kier molecular flexibility index (Phi) is 3.82. The highest BCUT2D eigenvalue weighted by Crippen LogP contribution is 2.29. The molecular weight excluding hydrogens is 290 g/mol. The van der Waals surface area contributed by atoms with Crippen molar-refractivity contribution in [3.8, 4) is 0 Å². The predicted octanol–water partition coefficient (Wildman–Crippen LogP) is 4.44. The number of aryl methyl sites for hydroxylation is 1. The highest BCUT2D eigenvalue weighted by Gasteiger charge is 2.15. The van der Waals surface area contributed by atoms with Crippen molar-refractivity contribution >= 4 is 33.2 Å². The van der Waals surface area contributed by atoms with Gasteiger partial charge in [0.2, 0.25) is 5.91 Å². The number of carbonyl (C=O) groups excluding carboxylic acids is 1. The minimum atomic E-state index is 0.00613. The van der Waals surface area contributed by atoms with Crippen LogP contribution in [-0.2, 0) is 4.79 Å². The molecule has 18 heavy (non-hydrogen) atoms. The molecule has 0 radical (unpaired) electrons. The fourth-order valence-electron chi connectivity index (χ4n) is 1.89. The van der Waals surface area contributed by atoms with E-state index >= 15 is 0 Å². The Morgan fingerprint density at radius 2 is 1.67 bits per heavy atom. The van der Waals surface area contributed by atoms with Crippen LogP contribution in [0.25, 0.3) is 0 Å². The normalized spacial score (nSPS) is 10.2. The van der Waals surface area contributed by atoms with Crippen LogP contribution < -0.4 is 4.90 Å². The minimum Gasteiger partial charge on any atom is -0.281 e. The summed E-state index contributed by atoms with van der Waals surface area (Å²) in [5.74, 6) is 0.00613. The van der Waals surface area contributed by atoms with Crippen molar-refractivity contribution in [2.45, 2.75) is 13.8 Å². The second kappa shape index (κ2) is 5.36. The zero-order valence-corrected chi connectivity index (χ0v) is 11.9. The van der Waals surface area contributed by atoms with Gasteiger partial charge in [-0.1, -0.05) is 34.1 Å². The molecule has 2 aromatic rings. The van der Waals surface area contributed by atoms with Crippen LogP contribution in [0.3, 0.4) is 0 Å². The quantitative estimate of drug-likeness (QED) is 0.803. The molecule has 0 aromatic heterocycles. The number of para-hydroxylation sites is 1. The van der Waals surface area contributed by atoms with Crippen molar-refractivity contribution in [2.24, 2.45) is 0 Å². The van der Waals surface area contributed by atoms with Gasteiger partial charge in [0.15, 0.2) is 0 Å². The summed E-state index contributed by atoms with van der Waals surface area (Å²) in [5.41, 5.74) is 2.88. The first-order valence-electron chi connectivity index (χ1n) is 5.71. The molecule has 3 heteroatoms. The van der Waals surface area contributed by atoms with Gasteiger partial charge in [0, 0.05) is 17.1 Å². The number of amides is 1. The van der Waals surface area contributed by atoms with Crippen molar-refractivity contribution in [3.05, 3.63) is 58.6 Å². The second-order valence-corrected chi connectivity index (χ2v) is 5.03. The Bertz CT molecular complexity index is 563. The average Bonchev–Trinajstić information content (AvgIpc) is 2.34. The summed E-state index contributed by atoms with van der Waals surface area (Å²) in [4.78, 5) is 13.6. The Labute approximate surface area is 115 Å². The Balaban J connectivity index is 2.50. The second-order valence-electron chi connectivity index (χ2n) is 4.12. The number of halogens is 1. The van der Waals surface area contributed by atoms with E-state index in [0.29, 0.717) is 0 Å². The van der Waals surface area contributed by atoms with Gasteiger partial charge in [-0.25, -0.2) is 0 Å². The lowest BCUT2D eigenvalue weighted by molar-refractivity contribution is -0.115. The molecule has 0 heterocycles. The smallest absolute Gasteiger partial charge is 0.228 e. The standard InChI is InChI=1S/C15H14BrNO/c1-11-5-3-4-6-15(11)17(12(2)18)14-9-7-13(16)8-10-14/h3-10H,1-2H3. The zero-order chi connectivity index (χ0) is 13.1. The summed E-state index contributed by atoms with van der Waals surface area (Å²) in [7, 11) is 0. The van der Waals surface area contributed by atoms with Gasteiger partial charge < -0.3 is 0 Å². The molecule has 0 aliphatic rings. The van der Waals surface area contributed by atoms with E-state index in [1.54, 1.807) is 11.8 Å². The van der Waals surface area contributed by atoms with Gasteiger partial charge in [-0.15, -0.1) is 0 Å². The molecule has 0 aliphatic carbocycles. The maximum Gasteiger partial charge on any atom is 0.228 e. The van der Waals surface area contributed by atoms with Crippen molar-refractivity contribution in [2.75, 3.05) is 4.90 Å². The summed E-state index contributed by atoms with van der Waals surface area (Å²) >= 11 is 3.40. The van der Waals surface area contributed by atoms with Crippen molar-refractivity contribution in [1.82, 2.24) is 0 Å². The lowest BCUT2D eigenvalue weighted by atomic mass is 10.1. The molecule has 0 aliphatic heterocycles. The van der Waals surface area contributed by atoms with Crippen LogP contribution in [0.15, 0.2) is 53.0 Å². The number of hydrogen-bond donors (Lipinski definition) is 0. The molecule has 2 rings (SSSR count). The lowest BCUT2D eigenvalue weighted by Crippen LogP contribution is -2.23.